The Kier molecular flexibility index (Phi) is 5.50. The van der Waals surface area contributed by atoms with E-state index in [2.05, 4.69) is 67.1 Å². The SMILES string of the molecule is C[Si](C)(C)C=CCCNCc1ccccc1. The molecule has 88 valence electrons. The normalized spacial score (nSPS) is 12.2. The maximum Gasteiger partial charge on any atom is 0.0682 e. The molecule has 0 aromatic heterocycles. The van der Waals surface area contributed by atoms with Crippen molar-refractivity contribution in [2.24, 2.45) is 0 Å². The van der Waals surface area contributed by atoms with Gasteiger partial charge in [0.15, 0.2) is 0 Å². The Hall–Kier alpha value is -0.863. The average molecular weight is 233 g/mol. The molecule has 2 heteroatoms. The molecule has 0 bridgehead atoms. The first kappa shape index (κ1) is 13.2. The predicted molar refractivity (Wildman–Crippen MR) is 75.3 cm³/mol. The van der Waals surface area contributed by atoms with Crippen LogP contribution in [0.2, 0.25) is 19.6 Å². The van der Waals surface area contributed by atoms with Gasteiger partial charge in [0.05, 0.1) is 8.07 Å². The molecule has 0 atom stereocenters. The summed E-state index contributed by atoms with van der Waals surface area (Å²) < 4.78 is 0. The van der Waals surface area contributed by atoms with Gasteiger partial charge in [0.2, 0.25) is 0 Å². The van der Waals surface area contributed by atoms with Crippen molar-refractivity contribution in [3.05, 3.63) is 47.7 Å². The van der Waals surface area contributed by atoms with Crippen molar-refractivity contribution in [3.8, 4) is 0 Å². The van der Waals surface area contributed by atoms with Crippen molar-refractivity contribution in [2.75, 3.05) is 6.54 Å². The lowest BCUT2D eigenvalue weighted by Gasteiger charge is -2.08. The topological polar surface area (TPSA) is 12.0 Å². The molecular formula is C14H23NSi. The van der Waals surface area contributed by atoms with Gasteiger partial charge in [-0.25, -0.2) is 0 Å². The zero-order chi connectivity index (χ0) is 11.9. The van der Waals surface area contributed by atoms with Crippen LogP contribution in [-0.4, -0.2) is 14.6 Å². The first-order valence-corrected chi connectivity index (χ1v) is 9.58. The van der Waals surface area contributed by atoms with Gasteiger partial charge >= 0.3 is 0 Å². The maximum absolute atomic E-state index is 3.45. The van der Waals surface area contributed by atoms with Gasteiger partial charge in [-0.3, -0.25) is 0 Å². The number of hydrogen-bond donors (Lipinski definition) is 1. The highest BCUT2D eigenvalue weighted by Crippen LogP contribution is 2.02. The van der Waals surface area contributed by atoms with E-state index in [1.165, 1.54) is 5.56 Å². The molecule has 0 aliphatic rings. The maximum atomic E-state index is 3.45. The third-order valence-corrected chi connectivity index (χ3v) is 3.51. The molecular weight excluding hydrogens is 210 g/mol. The smallest absolute Gasteiger partial charge is 0.0682 e. The second-order valence-electron chi connectivity index (χ2n) is 5.22. The summed E-state index contributed by atoms with van der Waals surface area (Å²) in [5.74, 6) is 0. The number of nitrogens with one attached hydrogen (secondary N) is 1. The summed E-state index contributed by atoms with van der Waals surface area (Å²) in [6.45, 7) is 9.13. The highest BCUT2D eigenvalue weighted by atomic mass is 28.3. The van der Waals surface area contributed by atoms with Gasteiger partial charge in [0, 0.05) is 6.54 Å². The van der Waals surface area contributed by atoms with Gasteiger partial charge in [-0.05, 0) is 18.5 Å². The van der Waals surface area contributed by atoms with E-state index in [9.17, 15) is 0 Å². The number of hydrogen-bond acceptors (Lipinski definition) is 1. The molecule has 1 aromatic rings. The summed E-state index contributed by atoms with van der Waals surface area (Å²) in [5, 5.41) is 3.45. The lowest BCUT2D eigenvalue weighted by atomic mass is 10.2. The van der Waals surface area contributed by atoms with Crippen LogP contribution in [0.15, 0.2) is 42.1 Å². The zero-order valence-electron chi connectivity index (χ0n) is 10.7. The molecule has 16 heavy (non-hydrogen) atoms. The lowest BCUT2D eigenvalue weighted by molar-refractivity contribution is 0.695. The fourth-order valence-corrected chi connectivity index (χ4v) is 2.32. The molecule has 1 nitrogen and oxygen atoms in total. The third kappa shape index (κ3) is 6.59. The highest BCUT2D eigenvalue weighted by molar-refractivity contribution is 6.80. The van der Waals surface area contributed by atoms with E-state index >= 15 is 0 Å². The van der Waals surface area contributed by atoms with Crippen LogP contribution >= 0.6 is 0 Å². The Morgan fingerprint density at radius 3 is 2.44 bits per heavy atom. The summed E-state index contributed by atoms with van der Waals surface area (Å²) in [4.78, 5) is 0. The Bertz CT molecular complexity index is 311. The van der Waals surface area contributed by atoms with Gasteiger partial charge in [-0.15, -0.1) is 0 Å². The molecule has 1 aromatic carbocycles. The first-order valence-electron chi connectivity index (χ1n) is 6.00. The molecule has 0 radical (unpaired) electrons. The predicted octanol–water partition coefficient (Wildman–Crippen LogP) is 3.60. The van der Waals surface area contributed by atoms with Gasteiger partial charge in [0.25, 0.3) is 0 Å². The molecule has 0 aliphatic heterocycles. The van der Waals surface area contributed by atoms with Crippen LogP contribution in [0.3, 0.4) is 0 Å². The van der Waals surface area contributed by atoms with E-state index in [1.54, 1.807) is 0 Å². The van der Waals surface area contributed by atoms with Crippen LogP contribution in [-0.2, 0) is 6.54 Å². The van der Waals surface area contributed by atoms with Gasteiger partial charge in [0.1, 0.15) is 0 Å². The van der Waals surface area contributed by atoms with Gasteiger partial charge < -0.3 is 5.32 Å². The number of rotatable bonds is 6. The molecule has 0 unspecified atom stereocenters. The van der Waals surface area contributed by atoms with Gasteiger partial charge in [-0.1, -0.05) is 61.7 Å². The minimum Gasteiger partial charge on any atom is -0.312 e. The minimum absolute atomic E-state index is 0.974. The van der Waals surface area contributed by atoms with Crippen molar-refractivity contribution in [1.82, 2.24) is 5.32 Å². The summed E-state index contributed by atoms with van der Waals surface area (Å²) >= 11 is 0. The van der Waals surface area contributed by atoms with E-state index in [0.29, 0.717) is 0 Å². The number of benzene rings is 1. The molecule has 0 saturated heterocycles. The fraction of sp³-hybridized carbons (Fsp3) is 0.429. The van der Waals surface area contributed by atoms with E-state index in [1.807, 2.05) is 0 Å². The summed E-state index contributed by atoms with van der Waals surface area (Å²) in [6.07, 6.45) is 3.46. The molecule has 0 aliphatic carbocycles. The van der Waals surface area contributed by atoms with Crippen molar-refractivity contribution in [1.29, 1.82) is 0 Å². The van der Waals surface area contributed by atoms with Crippen LogP contribution in [0.5, 0.6) is 0 Å². The van der Waals surface area contributed by atoms with Crippen molar-refractivity contribution in [2.45, 2.75) is 32.6 Å². The standard InChI is InChI=1S/C14H23NSi/c1-16(2,3)12-8-7-11-15-13-14-9-5-4-6-10-14/h4-6,8-10,12,15H,7,11,13H2,1-3H3. The molecule has 0 spiro atoms. The summed E-state index contributed by atoms with van der Waals surface area (Å²) in [6, 6.07) is 10.5. The quantitative estimate of drug-likeness (QED) is 0.585. The largest absolute Gasteiger partial charge is 0.312 e. The molecule has 1 rings (SSSR count). The van der Waals surface area contributed by atoms with Crippen molar-refractivity contribution < 1.29 is 0 Å². The average Bonchev–Trinajstić information content (AvgIpc) is 2.23. The minimum atomic E-state index is -0.990. The van der Waals surface area contributed by atoms with Crippen LogP contribution in [0.1, 0.15) is 12.0 Å². The van der Waals surface area contributed by atoms with Crippen molar-refractivity contribution >= 4 is 8.07 Å². The van der Waals surface area contributed by atoms with Gasteiger partial charge in [-0.2, -0.15) is 0 Å². The Balaban J connectivity index is 2.11. The molecule has 0 heterocycles. The zero-order valence-corrected chi connectivity index (χ0v) is 11.7. The summed E-state index contributed by atoms with van der Waals surface area (Å²) in [5.41, 5.74) is 3.77. The Morgan fingerprint density at radius 1 is 1.12 bits per heavy atom. The van der Waals surface area contributed by atoms with E-state index in [4.69, 9.17) is 0 Å². The Labute approximate surface area is 101 Å². The molecule has 1 N–H and O–H groups in total. The lowest BCUT2D eigenvalue weighted by Crippen LogP contribution is -2.17. The van der Waals surface area contributed by atoms with Crippen LogP contribution in [0.4, 0.5) is 0 Å². The van der Waals surface area contributed by atoms with E-state index in [-0.39, 0.29) is 0 Å². The van der Waals surface area contributed by atoms with Crippen LogP contribution in [0, 0.1) is 0 Å². The van der Waals surface area contributed by atoms with Crippen LogP contribution < -0.4 is 5.32 Å². The third-order valence-electron chi connectivity index (χ3n) is 2.28. The second-order valence-corrected chi connectivity index (χ2v) is 10.3. The molecule has 0 saturated carbocycles. The monoisotopic (exact) mass is 233 g/mol. The second kappa shape index (κ2) is 6.66. The van der Waals surface area contributed by atoms with E-state index in [0.717, 1.165) is 19.5 Å². The van der Waals surface area contributed by atoms with Crippen molar-refractivity contribution in [3.63, 3.8) is 0 Å². The van der Waals surface area contributed by atoms with Crippen LogP contribution in [0.25, 0.3) is 0 Å². The van der Waals surface area contributed by atoms with E-state index < -0.39 is 8.07 Å². The summed E-state index contributed by atoms with van der Waals surface area (Å²) in [7, 11) is -0.990. The molecule has 0 amide bonds. The Morgan fingerprint density at radius 2 is 1.81 bits per heavy atom. The highest BCUT2D eigenvalue weighted by Gasteiger charge is 2.05. The fourth-order valence-electron chi connectivity index (χ4n) is 1.45. The molecule has 0 fully saturated rings. The first-order chi connectivity index (χ1) is 7.58.